The van der Waals surface area contributed by atoms with Crippen molar-refractivity contribution in [3.63, 3.8) is 0 Å². The molecule has 2 aliphatic rings. The van der Waals surface area contributed by atoms with Crippen molar-refractivity contribution in [2.45, 2.75) is 52.5 Å². The molecule has 0 bridgehead atoms. The van der Waals surface area contributed by atoms with Crippen molar-refractivity contribution in [1.29, 1.82) is 0 Å². The molecule has 2 fully saturated rings. The van der Waals surface area contributed by atoms with Gasteiger partial charge in [0.15, 0.2) is 12.6 Å². The van der Waals surface area contributed by atoms with Crippen LogP contribution in [0.3, 0.4) is 0 Å². The third-order valence-corrected chi connectivity index (χ3v) is 5.21. The van der Waals surface area contributed by atoms with Gasteiger partial charge in [0.2, 0.25) is 0 Å². The average Bonchev–Trinajstić information content (AvgIpc) is 3.40. The Bertz CT molecular complexity index is 680. The molecule has 1 heterocycles. The van der Waals surface area contributed by atoms with E-state index in [0.29, 0.717) is 11.5 Å². The molecule has 3 rings (SSSR count). The summed E-state index contributed by atoms with van der Waals surface area (Å²) in [5, 5.41) is 6.34. The number of nitrogens with zero attached hydrogens (tertiary/aromatic N) is 2. The minimum atomic E-state index is -0.0399. The van der Waals surface area contributed by atoms with Gasteiger partial charge in [-0.25, -0.2) is 0 Å². The van der Waals surface area contributed by atoms with Crippen LogP contribution >= 0.6 is 0 Å². The fourth-order valence-electron chi connectivity index (χ4n) is 3.41. The van der Waals surface area contributed by atoms with Gasteiger partial charge in [0.05, 0.1) is 0 Å². The van der Waals surface area contributed by atoms with Crippen molar-refractivity contribution in [2.24, 2.45) is 10.4 Å². The van der Waals surface area contributed by atoms with Gasteiger partial charge in [-0.3, -0.25) is 9.79 Å². The molecule has 1 aliphatic heterocycles. The molecule has 1 aromatic rings. The normalized spacial score (nSPS) is 18.8. The van der Waals surface area contributed by atoms with Crippen LogP contribution in [0.1, 0.15) is 45.6 Å². The summed E-state index contributed by atoms with van der Waals surface area (Å²) in [5.41, 5.74) is 1.58. The molecular weight excluding hydrogens is 352 g/mol. The van der Waals surface area contributed by atoms with Crippen LogP contribution in [0.25, 0.3) is 0 Å². The van der Waals surface area contributed by atoms with Crippen molar-refractivity contribution in [3.05, 3.63) is 29.8 Å². The maximum atomic E-state index is 11.7. The van der Waals surface area contributed by atoms with Crippen LogP contribution in [0.4, 0.5) is 0 Å². The van der Waals surface area contributed by atoms with Crippen molar-refractivity contribution >= 4 is 11.9 Å². The van der Waals surface area contributed by atoms with E-state index in [2.05, 4.69) is 48.4 Å². The molecule has 1 aromatic carbocycles. The zero-order valence-electron chi connectivity index (χ0n) is 17.5. The third-order valence-electron chi connectivity index (χ3n) is 5.21. The fraction of sp³-hybridized carbons (Fsp3) is 0.636. The number of ether oxygens (including phenoxy) is 1. The minimum Gasteiger partial charge on any atom is -0.484 e. The van der Waals surface area contributed by atoms with Gasteiger partial charge in [0.1, 0.15) is 5.75 Å². The maximum Gasteiger partial charge on any atom is 0.258 e. The first-order valence-electron chi connectivity index (χ1n) is 10.5. The highest BCUT2D eigenvalue weighted by molar-refractivity contribution is 5.80. The molecule has 1 amide bonds. The largest absolute Gasteiger partial charge is 0.484 e. The molecule has 28 heavy (non-hydrogen) atoms. The fourth-order valence-corrected chi connectivity index (χ4v) is 3.41. The molecule has 0 atom stereocenters. The van der Waals surface area contributed by atoms with Crippen molar-refractivity contribution in [3.8, 4) is 5.75 Å². The number of rotatable bonds is 8. The van der Waals surface area contributed by atoms with E-state index >= 15 is 0 Å². The van der Waals surface area contributed by atoms with Gasteiger partial charge < -0.3 is 20.3 Å². The van der Waals surface area contributed by atoms with E-state index in [4.69, 9.17) is 9.73 Å². The Balaban J connectivity index is 1.45. The number of carbonyl (C=O) groups excluding carboxylic acids is 1. The lowest BCUT2D eigenvalue weighted by atomic mass is 9.93. The standard InChI is InChI=1S/C22H34N4O2/c1-4-23-21(26-14-12-22(2,3)16-26)24-13-11-17-5-9-19(10-6-17)28-15-20(27)25-18-7-8-18/h5-6,9-10,18H,4,7-8,11-16H2,1-3H3,(H,23,24)(H,25,27). The second kappa shape index (κ2) is 9.30. The first kappa shape index (κ1) is 20.5. The van der Waals surface area contributed by atoms with Gasteiger partial charge >= 0.3 is 0 Å². The number of benzene rings is 1. The molecular formula is C22H34N4O2. The Labute approximate surface area is 168 Å². The van der Waals surface area contributed by atoms with Crippen LogP contribution in [0.2, 0.25) is 0 Å². The van der Waals surface area contributed by atoms with Gasteiger partial charge in [-0.2, -0.15) is 0 Å². The van der Waals surface area contributed by atoms with Crippen LogP contribution in [0.15, 0.2) is 29.3 Å². The minimum absolute atomic E-state index is 0.0399. The van der Waals surface area contributed by atoms with Crippen LogP contribution in [0.5, 0.6) is 5.75 Å². The predicted molar refractivity (Wildman–Crippen MR) is 113 cm³/mol. The Morgan fingerprint density at radius 3 is 2.64 bits per heavy atom. The highest BCUT2D eigenvalue weighted by atomic mass is 16.5. The molecule has 0 aromatic heterocycles. The smallest absolute Gasteiger partial charge is 0.258 e. The number of aliphatic imine (C=N–C) groups is 1. The third kappa shape index (κ3) is 6.43. The molecule has 2 N–H and O–H groups in total. The summed E-state index contributed by atoms with van der Waals surface area (Å²) in [6, 6.07) is 8.33. The number of carbonyl (C=O) groups is 1. The average molecular weight is 387 g/mol. The number of hydrogen-bond acceptors (Lipinski definition) is 3. The van der Waals surface area contributed by atoms with Crippen LogP contribution in [-0.4, -0.2) is 55.6 Å². The topological polar surface area (TPSA) is 66.0 Å². The van der Waals surface area contributed by atoms with E-state index in [-0.39, 0.29) is 12.5 Å². The molecule has 6 nitrogen and oxygen atoms in total. The lowest BCUT2D eigenvalue weighted by Crippen LogP contribution is -2.40. The van der Waals surface area contributed by atoms with Gasteiger partial charge in [-0.15, -0.1) is 0 Å². The van der Waals surface area contributed by atoms with Crippen LogP contribution in [0, 0.1) is 5.41 Å². The molecule has 6 heteroatoms. The Hall–Kier alpha value is -2.24. The highest BCUT2D eigenvalue weighted by Crippen LogP contribution is 2.28. The number of likely N-dealkylation sites (tertiary alicyclic amines) is 1. The molecule has 1 aliphatic carbocycles. The first-order chi connectivity index (χ1) is 13.4. The Morgan fingerprint density at radius 1 is 1.29 bits per heavy atom. The summed E-state index contributed by atoms with van der Waals surface area (Å²) in [6.45, 7) is 10.6. The summed E-state index contributed by atoms with van der Waals surface area (Å²) < 4.78 is 5.56. The van der Waals surface area contributed by atoms with Crippen LogP contribution < -0.4 is 15.4 Å². The highest BCUT2D eigenvalue weighted by Gasteiger charge is 2.30. The maximum absolute atomic E-state index is 11.7. The molecule has 0 unspecified atom stereocenters. The summed E-state index contributed by atoms with van der Waals surface area (Å²) in [7, 11) is 0. The van der Waals surface area contributed by atoms with Crippen molar-refractivity contribution in [1.82, 2.24) is 15.5 Å². The zero-order chi connectivity index (χ0) is 20.0. The Kier molecular flexibility index (Phi) is 6.81. The quantitative estimate of drug-likeness (QED) is 0.532. The summed E-state index contributed by atoms with van der Waals surface area (Å²) in [4.78, 5) is 18.9. The lowest BCUT2D eigenvalue weighted by Gasteiger charge is -2.23. The van der Waals surface area contributed by atoms with E-state index in [1.807, 2.05) is 12.1 Å². The summed E-state index contributed by atoms with van der Waals surface area (Å²) in [5.74, 6) is 1.71. The van der Waals surface area contributed by atoms with Gasteiger partial charge in [-0.1, -0.05) is 26.0 Å². The van der Waals surface area contributed by atoms with E-state index < -0.39 is 0 Å². The first-order valence-corrected chi connectivity index (χ1v) is 10.5. The van der Waals surface area contributed by atoms with E-state index in [1.165, 1.54) is 12.0 Å². The van der Waals surface area contributed by atoms with Gasteiger partial charge in [0.25, 0.3) is 5.91 Å². The zero-order valence-corrected chi connectivity index (χ0v) is 17.5. The van der Waals surface area contributed by atoms with E-state index in [0.717, 1.165) is 57.2 Å². The molecule has 1 saturated heterocycles. The predicted octanol–water partition coefficient (Wildman–Crippen LogP) is 2.58. The molecule has 0 spiro atoms. The number of amides is 1. The summed E-state index contributed by atoms with van der Waals surface area (Å²) >= 11 is 0. The van der Waals surface area contributed by atoms with Crippen molar-refractivity contribution in [2.75, 3.05) is 32.8 Å². The molecule has 1 saturated carbocycles. The monoisotopic (exact) mass is 386 g/mol. The second-order valence-corrected chi connectivity index (χ2v) is 8.60. The number of guanidine groups is 1. The molecule has 0 radical (unpaired) electrons. The molecule has 154 valence electrons. The Morgan fingerprint density at radius 2 is 2.04 bits per heavy atom. The second-order valence-electron chi connectivity index (χ2n) is 8.60. The lowest BCUT2D eigenvalue weighted by molar-refractivity contribution is -0.123. The SMILES string of the molecule is CCNC(=NCCc1ccc(OCC(=O)NC2CC2)cc1)N1CCC(C)(C)C1. The van der Waals surface area contributed by atoms with Crippen LogP contribution in [-0.2, 0) is 11.2 Å². The van der Waals surface area contributed by atoms with Gasteiger partial charge in [-0.05, 0) is 55.7 Å². The number of hydrogen-bond donors (Lipinski definition) is 2. The van der Waals surface area contributed by atoms with Crippen molar-refractivity contribution < 1.29 is 9.53 Å². The number of nitrogens with one attached hydrogen (secondary N) is 2. The van der Waals surface area contributed by atoms with E-state index in [1.54, 1.807) is 0 Å². The summed E-state index contributed by atoms with van der Waals surface area (Å²) in [6.07, 6.45) is 4.27. The van der Waals surface area contributed by atoms with E-state index in [9.17, 15) is 4.79 Å². The van der Waals surface area contributed by atoms with Gasteiger partial charge in [0, 0.05) is 32.2 Å².